The molecule has 0 spiro atoms. The molecule has 1 rings (SSSR count). The number of carbonyl (C=O) groups excluding carboxylic acids is 2. The largest absolute Gasteiger partial charge is 0.465 e. The smallest absolute Gasteiger partial charge is 0.309 e. The molecule has 0 radical (unpaired) electrons. The van der Waals surface area contributed by atoms with Crippen LogP contribution in [0.5, 0.6) is 0 Å². The van der Waals surface area contributed by atoms with Crippen LogP contribution in [0.4, 0.5) is 0 Å². The molecule has 0 aromatic heterocycles. The van der Waals surface area contributed by atoms with E-state index in [4.69, 9.17) is 9.47 Å². The summed E-state index contributed by atoms with van der Waals surface area (Å²) in [5, 5.41) is 0. The molecule has 140 valence electrons. The molecule has 0 aliphatic heterocycles. The maximum atomic E-state index is 12.3. The molecular weight excluding hydrogens is 304 g/mol. The lowest BCUT2D eigenvalue weighted by atomic mass is 9.82. The van der Waals surface area contributed by atoms with Crippen molar-refractivity contribution < 1.29 is 19.1 Å². The van der Waals surface area contributed by atoms with Crippen LogP contribution in [-0.2, 0) is 19.1 Å². The van der Waals surface area contributed by atoms with E-state index < -0.39 is 5.60 Å². The van der Waals surface area contributed by atoms with Crippen LogP contribution in [-0.4, -0.2) is 24.1 Å². The van der Waals surface area contributed by atoms with Crippen LogP contribution in [0.3, 0.4) is 0 Å². The van der Waals surface area contributed by atoms with Crippen LogP contribution >= 0.6 is 0 Å². The molecule has 1 atom stereocenters. The van der Waals surface area contributed by atoms with E-state index in [-0.39, 0.29) is 23.8 Å². The zero-order chi connectivity index (χ0) is 18.2. The SMILES string of the molecule is CCCCC(CC)COC(=O)C1CCC(C(=O)OC(C)(C)C)CC1. The molecule has 1 aliphatic carbocycles. The number of hydrogen-bond acceptors (Lipinski definition) is 4. The number of carbonyl (C=O) groups is 2. The summed E-state index contributed by atoms with van der Waals surface area (Å²) in [6.45, 7) is 10.5. The van der Waals surface area contributed by atoms with E-state index in [1.165, 1.54) is 12.8 Å². The van der Waals surface area contributed by atoms with E-state index >= 15 is 0 Å². The molecule has 1 aliphatic rings. The second-order valence-electron chi connectivity index (χ2n) is 8.13. The van der Waals surface area contributed by atoms with E-state index in [0.29, 0.717) is 12.5 Å². The van der Waals surface area contributed by atoms with Crippen molar-refractivity contribution in [2.45, 2.75) is 91.6 Å². The summed E-state index contributed by atoms with van der Waals surface area (Å²) in [6.07, 6.45) is 7.47. The van der Waals surface area contributed by atoms with Crippen molar-refractivity contribution in [3.63, 3.8) is 0 Å². The lowest BCUT2D eigenvalue weighted by Gasteiger charge is -2.29. The normalized spacial score (nSPS) is 22.7. The van der Waals surface area contributed by atoms with E-state index in [2.05, 4.69) is 13.8 Å². The van der Waals surface area contributed by atoms with Gasteiger partial charge in [-0.1, -0.05) is 33.1 Å². The van der Waals surface area contributed by atoms with Gasteiger partial charge in [0.15, 0.2) is 0 Å². The Morgan fingerprint density at radius 2 is 1.54 bits per heavy atom. The number of hydrogen-bond donors (Lipinski definition) is 0. The number of ether oxygens (including phenoxy) is 2. The summed E-state index contributed by atoms with van der Waals surface area (Å²) in [4.78, 5) is 24.4. The highest BCUT2D eigenvalue weighted by Gasteiger charge is 2.33. The molecule has 1 fully saturated rings. The maximum absolute atomic E-state index is 12.3. The first-order valence-corrected chi connectivity index (χ1v) is 9.66. The molecule has 0 heterocycles. The first-order valence-electron chi connectivity index (χ1n) is 9.66. The molecule has 24 heavy (non-hydrogen) atoms. The Morgan fingerprint density at radius 1 is 1.00 bits per heavy atom. The summed E-state index contributed by atoms with van der Waals surface area (Å²) < 4.78 is 11.0. The highest BCUT2D eigenvalue weighted by atomic mass is 16.6. The highest BCUT2D eigenvalue weighted by molar-refractivity contribution is 5.75. The Labute approximate surface area is 147 Å². The fourth-order valence-electron chi connectivity index (χ4n) is 3.17. The maximum Gasteiger partial charge on any atom is 0.309 e. The van der Waals surface area contributed by atoms with Crippen LogP contribution in [0.25, 0.3) is 0 Å². The van der Waals surface area contributed by atoms with Crippen molar-refractivity contribution in [3.05, 3.63) is 0 Å². The minimum Gasteiger partial charge on any atom is -0.465 e. The molecule has 0 saturated heterocycles. The zero-order valence-corrected chi connectivity index (χ0v) is 16.2. The third-order valence-corrected chi connectivity index (χ3v) is 4.81. The summed E-state index contributed by atoms with van der Waals surface area (Å²) in [6, 6.07) is 0. The van der Waals surface area contributed by atoms with Crippen LogP contribution in [0.15, 0.2) is 0 Å². The summed E-state index contributed by atoms with van der Waals surface area (Å²) in [7, 11) is 0. The van der Waals surface area contributed by atoms with Crippen molar-refractivity contribution >= 4 is 11.9 Å². The lowest BCUT2D eigenvalue weighted by Crippen LogP contribution is -2.32. The molecule has 1 unspecified atom stereocenters. The van der Waals surface area contributed by atoms with Gasteiger partial charge < -0.3 is 9.47 Å². The predicted octanol–water partition coefficient (Wildman–Crippen LogP) is 4.89. The Bertz CT molecular complexity index is 389. The second kappa shape index (κ2) is 10.0. The minimum absolute atomic E-state index is 0.0487. The van der Waals surface area contributed by atoms with Gasteiger partial charge in [-0.05, 0) is 58.8 Å². The van der Waals surface area contributed by atoms with Crippen molar-refractivity contribution in [1.82, 2.24) is 0 Å². The van der Waals surface area contributed by atoms with Gasteiger partial charge in [0.05, 0.1) is 18.4 Å². The van der Waals surface area contributed by atoms with Crippen LogP contribution in [0.2, 0.25) is 0 Å². The predicted molar refractivity (Wildman–Crippen MR) is 95.6 cm³/mol. The Balaban J connectivity index is 2.33. The number of rotatable bonds is 8. The highest BCUT2D eigenvalue weighted by Crippen LogP contribution is 2.31. The van der Waals surface area contributed by atoms with Gasteiger partial charge in [-0.15, -0.1) is 0 Å². The molecule has 0 bridgehead atoms. The first-order chi connectivity index (χ1) is 11.3. The van der Waals surface area contributed by atoms with Crippen LogP contribution in [0, 0.1) is 17.8 Å². The zero-order valence-electron chi connectivity index (χ0n) is 16.2. The fourth-order valence-corrected chi connectivity index (χ4v) is 3.17. The average Bonchev–Trinajstić information content (AvgIpc) is 2.53. The first kappa shape index (κ1) is 21.0. The second-order valence-corrected chi connectivity index (χ2v) is 8.13. The molecule has 0 N–H and O–H groups in total. The molecule has 4 nitrogen and oxygen atoms in total. The third kappa shape index (κ3) is 7.67. The Morgan fingerprint density at radius 3 is 2.00 bits per heavy atom. The van der Waals surface area contributed by atoms with E-state index in [0.717, 1.165) is 38.5 Å². The molecular formula is C20H36O4. The van der Waals surface area contributed by atoms with Gasteiger partial charge >= 0.3 is 11.9 Å². The average molecular weight is 341 g/mol. The van der Waals surface area contributed by atoms with Gasteiger partial charge in [0.2, 0.25) is 0 Å². The third-order valence-electron chi connectivity index (χ3n) is 4.81. The topological polar surface area (TPSA) is 52.6 Å². The standard InChI is InChI=1S/C20H36O4/c1-6-8-9-15(7-2)14-23-18(21)16-10-12-17(13-11-16)19(22)24-20(3,4)5/h15-17H,6-14H2,1-5H3. The van der Waals surface area contributed by atoms with E-state index in [1.807, 2.05) is 20.8 Å². The molecule has 4 heteroatoms. The minimum atomic E-state index is -0.444. The molecule has 1 saturated carbocycles. The van der Waals surface area contributed by atoms with Gasteiger partial charge in [0, 0.05) is 0 Å². The van der Waals surface area contributed by atoms with Gasteiger partial charge in [0.25, 0.3) is 0 Å². The number of esters is 2. The summed E-state index contributed by atoms with van der Waals surface area (Å²) in [5.41, 5.74) is -0.444. The monoisotopic (exact) mass is 340 g/mol. The van der Waals surface area contributed by atoms with Gasteiger partial charge in [-0.3, -0.25) is 9.59 Å². The molecule has 0 aromatic rings. The quantitative estimate of drug-likeness (QED) is 0.590. The van der Waals surface area contributed by atoms with Crippen molar-refractivity contribution in [2.75, 3.05) is 6.61 Å². The van der Waals surface area contributed by atoms with Gasteiger partial charge in [-0.2, -0.15) is 0 Å². The van der Waals surface area contributed by atoms with E-state index in [9.17, 15) is 9.59 Å². The Hall–Kier alpha value is -1.06. The molecule has 0 aromatic carbocycles. The fraction of sp³-hybridized carbons (Fsp3) is 0.900. The van der Waals surface area contributed by atoms with Crippen molar-refractivity contribution in [3.8, 4) is 0 Å². The Kier molecular flexibility index (Phi) is 8.79. The number of unbranched alkanes of at least 4 members (excludes halogenated alkanes) is 1. The summed E-state index contributed by atoms with van der Waals surface area (Å²) in [5.74, 6) is 0.160. The molecule has 0 amide bonds. The van der Waals surface area contributed by atoms with E-state index in [1.54, 1.807) is 0 Å². The van der Waals surface area contributed by atoms with Gasteiger partial charge in [-0.25, -0.2) is 0 Å². The van der Waals surface area contributed by atoms with Crippen molar-refractivity contribution in [2.24, 2.45) is 17.8 Å². The lowest BCUT2D eigenvalue weighted by molar-refractivity contribution is -0.163. The van der Waals surface area contributed by atoms with Crippen LogP contribution in [0.1, 0.15) is 86.0 Å². The van der Waals surface area contributed by atoms with Crippen LogP contribution < -0.4 is 0 Å². The summed E-state index contributed by atoms with van der Waals surface area (Å²) >= 11 is 0. The van der Waals surface area contributed by atoms with Gasteiger partial charge in [0.1, 0.15) is 5.60 Å². The van der Waals surface area contributed by atoms with Crippen molar-refractivity contribution in [1.29, 1.82) is 0 Å².